The van der Waals surface area contributed by atoms with Gasteiger partial charge in [0.25, 0.3) is 11.5 Å². The number of thiophene rings is 1. The topological polar surface area (TPSA) is 66.1 Å². The van der Waals surface area contributed by atoms with Gasteiger partial charge in [0.1, 0.15) is 5.82 Å². The van der Waals surface area contributed by atoms with E-state index in [4.69, 9.17) is 0 Å². The first kappa shape index (κ1) is 20.3. The molecule has 0 aliphatic carbocycles. The molecule has 148 valence electrons. The van der Waals surface area contributed by atoms with Gasteiger partial charge < -0.3 is 9.88 Å². The fourth-order valence-electron chi connectivity index (χ4n) is 3.31. The van der Waals surface area contributed by atoms with Crippen LogP contribution in [0.5, 0.6) is 0 Å². The van der Waals surface area contributed by atoms with E-state index in [1.165, 1.54) is 10.4 Å². The van der Waals surface area contributed by atoms with E-state index in [-0.39, 0.29) is 24.1 Å². The zero-order valence-corrected chi connectivity index (χ0v) is 17.7. The molecule has 0 saturated carbocycles. The number of benzene rings is 1. The Hall–Kier alpha value is -2.47. The van der Waals surface area contributed by atoms with Crippen molar-refractivity contribution in [1.82, 2.24) is 14.9 Å². The molecule has 2 aromatic heterocycles. The predicted octanol–water partition coefficient (Wildman–Crippen LogP) is 4.55. The van der Waals surface area contributed by atoms with Crippen LogP contribution in [0.15, 0.2) is 35.1 Å². The van der Waals surface area contributed by atoms with Crippen LogP contribution in [-0.4, -0.2) is 26.8 Å². The van der Waals surface area contributed by atoms with Gasteiger partial charge in [0, 0.05) is 10.9 Å². The quantitative estimate of drug-likeness (QED) is 0.636. The molecule has 5 nitrogen and oxygen atoms in total. The normalized spacial score (nSPS) is 11.3. The Bertz CT molecular complexity index is 1040. The molecule has 0 unspecified atom stereocenters. The van der Waals surface area contributed by atoms with Gasteiger partial charge in [-0.3, -0.25) is 9.59 Å². The summed E-state index contributed by atoms with van der Waals surface area (Å²) in [7, 11) is 0. The molecule has 2 heterocycles. The molecule has 3 aromatic rings. The van der Waals surface area contributed by atoms with Gasteiger partial charge in [-0.1, -0.05) is 32.4 Å². The van der Waals surface area contributed by atoms with Gasteiger partial charge in [0.15, 0.2) is 0 Å². The van der Waals surface area contributed by atoms with Crippen molar-refractivity contribution in [3.63, 3.8) is 0 Å². The fraction of sp³-hybridized carbons (Fsp3) is 0.409. The van der Waals surface area contributed by atoms with E-state index < -0.39 is 0 Å². The zero-order valence-electron chi connectivity index (χ0n) is 16.9. The molecule has 1 aromatic carbocycles. The molecule has 0 atom stereocenters. The number of H-pyrrole nitrogens is 1. The maximum atomic E-state index is 13.2. The molecular weight excluding hydrogens is 370 g/mol. The Morgan fingerprint density at radius 1 is 1.25 bits per heavy atom. The van der Waals surface area contributed by atoms with Gasteiger partial charge in [-0.2, -0.15) is 0 Å². The highest BCUT2D eigenvalue weighted by Gasteiger charge is 2.23. The molecule has 0 spiro atoms. The van der Waals surface area contributed by atoms with Crippen molar-refractivity contribution in [2.24, 2.45) is 0 Å². The Morgan fingerprint density at radius 3 is 2.68 bits per heavy atom. The van der Waals surface area contributed by atoms with E-state index in [2.05, 4.69) is 23.8 Å². The molecule has 0 fully saturated rings. The third kappa shape index (κ3) is 4.17. The lowest BCUT2D eigenvalue weighted by molar-refractivity contribution is 0.0690. The second-order valence-electron chi connectivity index (χ2n) is 7.22. The second-order valence-corrected chi connectivity index (χ2v) is 8.36. The lowest BCUT2D eigenvalue weighted by Crippen LogP contribution is -2.37. The number of hydrogen-bond donors (Lipinski definition) is 1. The second kappa shape index (κ2) is 8.69. The summed E-state index contributed by atoms with van der Waals surface area (Å²) in [4.78, 5) is 36.8. The highest BCUT2D eigenvalue weighted by Crippen LogP contribution is 2.26. The summed E-state index contributed by atoms with van der Waals surface area (Å²) in [5.74, 6) is 0.500. The number of hydrogen-bond acceptors (Lipinski definition) is 4. The van der Waals surface area contributed by atoms with Crippen LogP contribution in [0.4, 0.5) is 0 Å². The SMILES string of the molecule is CCCc1sc(C(=O)N(Cc2nc3ccccc3c(=O)[nH]2)C(C)C)cc1CC. The number of aromatic amines is 1. The van der Waals surface area contributed by atoms with E-state index in [1.807, 2.05) is 38.1 Å². The van der Waals surface area contributed by atoms with Crippen molar-refractivity contribution < 1.29 is 4.79 Å². The Labute approximate surface area is 169 Å². The number of nitrogens with zero attached hydrogens (tertiary/aromatic N) is 2. The average Bonchev–Trinajstić information content (AvgIpc) is 3.09. The largest absolute Gasteiger partial charge is 0.328 e. The highest BCUT2D eigenvalue weighted by atomic mass is 32.1. The van der Waals surface area contributed by atoms with Crippen LogP contribution < -0.4 is 5.56 Å². The number of para-hydroxylation sites is 1. The number of nitrogens with one attached hydrogen (secondary N) is 1. The smallest absolute Gasteiger partial charge is 0.264 e. The lowest BCUT2D eigenvalue weighted by atomic mass is 10.1. The van der Waals surface area contributed by atoms with Crippen molar-refractivity contribution >= 4 is 28.1 Å². The van der Waals surface area contributed by atoms with Gasteiger partial charge in [0.2, 0.25) is 0 Å². The molecule has 1 amide bonds. The summed E-state index contributed by atoms with van der Waals surface area (Å²) in [6.07, 6.45) is 3.00. The van der Waals surface area contributed by atoms with E-state index in [9.17, 15) is 9.59 Å². The molecule has 1 N–H and O–H groups in total. The standard InChI is InChI=1S/C22H27N3O2S/c1-5-9-18-15(6-2)12-19(28-18)22(27)25(14(3)4)13-20-23-17-11-8-7-10-16(17)21(26)24-20/h7-8,10-12,14H,5-6,9,13H2,1-4H3,(H,23,24,26). The van der Waals surface area contributed by atoms with E-state index in [1.54, 1.807) is 22.3 Å². The monoisotopic (exact) mass is 397 g/mol. The highest BCUT2D eigenvalue weighted by molar-refractivity contribution is 7.14. The third-order valence-corrected chi connectivity index (χ3v) is 6.06. The zero-order chi connectivity index (χ0) is 20.3. The van der Waals surface area contributed by atoms with Crippen LogP contribution >= 0.6 is 11.3 Å². The number of carbonyl (C=O) groups is 1. The van der Waals surface area contributed by atoms with Crippen molar-refractivity contribution in [3.8, 4) is 0 Å². The van der Waals surface area contributed by atoms with Crippen LogP contribution in [0.25, 0.3) is 10.9 Å². The number of aryl methyl sites for hydroxylation is 2. The number of aromatic nitrogens is 2. The number of amides is 1. The van der Waals surface area contributed by atoms with Gasteiger partial charge in [-0.25, -0.2) is 4.98 Å². The maximum Gasteiger partial charge on any atom is 0.264 e. The number of carbonyl (C=O) groups excluding carboxylic acids is 1. The summed E-state index contributed by atoms with van der Waals surface area (Å²) < 4.78 is 0. The van der Waals surface area contributed by atoms with Crippen molar-refractivity contribution in [1.29, 1.82) is 0 Å². The summed E-state index contributed by atoms with van der Waals surface area (Å²) in [6, 6.07) is 9.27. The van der Waals surface area contributed by atoms with Crippen LogP contribution in [0.3, 0.4) is 0 Å². The van der Waals surface area contributed by atoms with E-state index in [0.717, 1.165) is 24.1 Å². The summed E-state index contributed by atoms with van der Waals surface area (Å²) in [5.41, 5.74) is 1.73. The van der Waals surface area contributed by atoms with Gasteiger partial charge in [-0.15, -0.1) is 11.3 Å². The van der Waals surface area contributed by atoms with Crippen LogP contribution in [0, 0.1) is 0 Å². The molecule has 6 heteroatoms. The van der Waals surface area contributed by atoms with Crippen LogP contribution in [0.2, 0.25) is 0 Å². The summed E-state index contributed by atoms with van der Waals surface area (Å²) in [6.45, 7) is 8.53. The minimum absolute atomic E-state index is 0.00661. The fourth-order valence-corrected chi connectivity index (χ4v) is 4.62. The number of fused-ring (bicyclic) bond motifs is 1. The summed E-state index contributed by atoms with van der Waals surface area (Å²) >= 11 is 1.60. The minimum Gasteiger partial charge on any atom is -0.328 e. The Morgan fingerprint density at radius 2 is 2.00 bits per heavy atom. The summed E-state index contributed by atoms with van der Waals surface area (Å²) in [5, 5.41) is 0.559. The van der Waals surface area contributed by atoms with Crippen molar-refractivity contribution in [2.75, 3.05) is 0 Å². The molecular formula is C22H27N3O2S. The first-order chi connectivity index (χ1) is 13.4. The first-order valence-corrected chi connectivity index (χ1v) is 10.7. The van der Waals surface area contributed by atoms with Crippen molar-refractivity contribution in [3.05, 3.63) is 61.8 Å². The molecule has 3 rings (SSSR count). The van der Waals surface area contributed by atoms with E-state index >= 15 is 0 Å². The Kier molecular flexibility index (Phi) is 6.29. The van der Waals surface area contributed by atoms with Gasteiger partial charge >= 0.3 is 0 Å². The molecule has 0 aliphatic rings. The minimum atomic E-state index is -0.175. The predicted molar refractivity (Wildman–Crippen MR) is 115 cm³/mol. The van der Waals surface area contributed by atoms with E-state index in [0.29, 0.717) is 16.7 Å². The average molecular weight is 398 g/mol. The molecule has 0 saturated heterocycles. The third-order valence-electron chi connectivity index (χ3n) is 4.83. The van der Waals surface area contributed by atoms with Crippen LogP contribution in [0.1, 0.15) is 60.1 Å². The first-order valence-electron chi connectivity index (χ1n) is 9.85. The van der Waals surface area contributed by atoms with Gasteiger partial charge in [-0.05, 0) is 50.5 Å². The lowest BCUT2D eigenvalue weighted by Gasteiger charge is -2.25. The Balaban J connectivity index is 1.92. The van der Waals surface area contributed by atoms with Crippen molar-refractivity contribution in [2.45, 2.75) is 59.5 Å². The molecule has 0 aliphatic heterocycles. The van der Waals surface area contributed by atoms with Crippen LogP contribution in [-0.2, 0) is 19.4 Å². The maximum absolute atomic E-state index is 13.2. The molecule has 0 radical (unpaired) electrons. The molecule has 28 heavy (non-hydrogen) atoms. The van der Waals surface area contributed by atoms with Gasteiger partial charge in [0.05, 0.1) is 22.3 Å². The number of rotatable bonds is 7. The molecule has 0 bridgehead atoms.